The van der Waals surface area contributed by atoms with E-state index in [1.165, 1.54) is 16.5 Å². The molecule has 2 aromatic heterocycles. The molecule has 26 heavy (non-hydrogen) atoms. The van der Waals surface area contributed by atoms with Crippen LogP contribution in [0.3, 0.4) is 0 Å². The average molecular weight is 376 g/mol. The molecule has 140 valence electrons. The molecule has 1 unspecified atom stereocenters. The van der Waals surface area contributed by atoms with Crippen molar-refractivity contribution in [1.29, 1.82) is 0 Å². The molecule has 2 heterocycles. The molecular formula is C19H26ClN5O. The molecule has 6 nitrogen and oxygen atoms in total. The van der Waals surface area contributed by atoms with E-state index in [1.807, 2.05) is 13.2 Å². The van der Waals surface area contributed by atoms with E-state index in [1.54, 1.807) is 17.9 Å². The van der Waals surface area contributed by atoms with E-state index in [4.69, 9.17) is 0 Å². The van der Waals surface area contributed by atoms with E-state index in [-0.39, 0.29) is 18.3 Å². The van der Waals surface area contributed by atoms with Gasteiger partial charge < -0.3 is 15.6 Å². The number of halogens is 1. The first-order chi connectivity index (χ1) is 11.9. The Morgan fingerprint density at radius 1 is 1.31 bits per heavy atom. The molecule has 1 amide bonds. The van der Waals surface area contributed by atoms with Crippen molar-refractivity contribution >= 4 is 29.2 Å². The molecule has 3 N–H and O–H groups in total. The molecule has 0 bridgehead atoms. The van der Waals surface area contributed by atoms with Gasteiger partial charge in [-0.1, -0.05) is 11.6 Å². The summed E-state index contributed by atoms with van der Waals surface area (Å²) in [6, 6.07) is 3.89. The molecule has 0 fully saturated rings. The van der Waals surface area contributed by atoms with Crippen LogP contribution in [0.25, 0.3) is 10.9 Å². The zero-order chi connectivity index (χ0) is 18.1. The molecule has 7 heteroatoms. The fourth-order valence-corrected chi connectivity index (χ4v) is 3.25. The minimum Gasteiger partial charge on any atom is -0.358 e. The smallest absolute Gasteiger partial charge is 0.242 e. The van der Waals surface area contributed by atoms with Gasteiger partial charge in [-0.3, -0.25) is 9.48 Å². The number of likely N-dealkylation sites (N-methyl/N-ethyl adjacent to an activating group) is 1. The van der Waals surface area contributed by atoms with E-state index < -0.39 is 6.04 Å². The molecule has 0 saturated carbocycles. The van der Waals surface area contributed by atoms with E-state index in [2.05, 4.69) is 53.6 Å². The molecular weight excluding hydrogens is 350 g/mol. The number of carbonyl (C=O) groups is 1. The summed E-state index contributed by atoms with van der Waals surface area (Å²) < 4.78 is 1.70. The van der Waals surface area contributed by atoms with Crippen LogP contribution in [0.15, 0.2) is 24.5 Å². The molecule has 1 atom stereocenters. The van der Waals surface area contributed by atoms with Gasteiger partial charge in [0.05, 0.1) is 11.7 Å². The standard InChI is InChI=1S/C19H25N5O.ClH/c1-11-6-14(17-16(7-11)12(2)13(3)23-17)8-21-19(25)18(20-4)15-9-22-24(5)10-15;/h6-7,9-10,18,20,23H,8H2,1-5H3,(H,21,25);1H. The predicted octanol–water partition coefficient (Wildman–Crippen LogP) is 2.83. The molecule has 3 rings (SSSR count). The molecule has 0 radical (unpaired) electrons. The predicted molar refractivity (Wildman–Crippen MR) is 107 cm³/mol. The van der Waals surface area contributed by atoms with E-state index in [0.29, 0.717) is 6.54 Å². The largest absolute Gasteiger partial charge is 0.358 e. The number of amides is 1. The van der Waals surface area contributed by atoms with Crippen molar-refractivity contribution < 1.29 is 4.79 Å². The van der Waals surface area contributed by atoms with Crippen LogP contribution in [0.4, 0.5) is 0 Å². The number of H-pyrrole nitrogens is 1. The van der Waals surface area contributed by atoms with Crippen LogP contribution in [0, 0.1) is 20.8 Å². The fraction of sp³-hybridized carbons (Fsp3) is 0.368. The third-order valence-corrected chi connectivity index (χ3v) is 4.71. The highest BCUT2D eigenvalue weighted by atomic mass is 35.5. The molecule has 0 aliphatic heterocycles. The quantitative estimate of drug-likeness (QED) is 0.642. The Labute approximate surface area is 159 Å². The van der Waals surface area contributed by atoms with Gasteiger partial charge >= 0.3 is 0 Å². The van der Waals surface area contributed by atoms with Crippen LogP contribution in [0.2, 0.25) is 0 Å². The van der Waals surface area contributed by atoms with E-state index >= 15 is 0 Å². The number of nitrogens with one attached hydrogen (secondary N) is 3. The number of fused-ring (bicyclic) bond motifs is 1. The Kier molecular flexibility index (Phi) is 6.10. The lowest BCUT2D eigenvalue weighted by molar-refractivity contribution is -0.123. The number of aryl methyl sites for hydroxylation is 4. The summed E-state index contributed by atoms with van der Waals surface area (Å²) in [7, 11) is 3.62. The number of nitrogens with zero attached hydrogens (tertiary/aromatic N) is 2. The molecule has 1 aromatic carbocycles. The number of aromatic amines is 1. The summed E-state index contributed by atoms with van der Waals surface area (Å²) in [6.45, 7) is 6.76. The lowest BCUT2D eigenvalue weighted by Gasteiger charge is -2.15. The summed E-state index contributed by atoms with van der Waals surface area (Å²) in [6.07, 6.45) is 3.56. The van der Waals surface area contributed by atoms with Gasteiger partial charge in [-0.2, -0.15) is 5.10 Å². The fourth-order valence-electron chi connectivity index (χ4n) is 3.25. The van der Waals surface area contributed by atoms with Gasteiger partial charge in [-0.25, -0.2) is 0 Å². The van der Waals surface area contributed by atoms with Crippen molar-refractivity contribution in [1.82, 2.24) is 25.4 Å². The lowest BCUT2D eigenvalue weighted by Crippen LogP contribution is -2.35. The Morgan fingerprint density at radius 3 is 2.65 bits per heavy atom. The van der Waals surface area contributed by atoms with Crippen LogP contribution in [-0.2, 0) is 18.4 Å². The van der Waals surface area contributed by atoms with Crippen LogP contribution in [0.1, 0.15) is 34.0 Å². The van der Waals surface area contributed by atoms with Crippen LogP contribution < -0.4 is 10.6 Å². The van der Waals surface area contributed by atoms with Crippen molar-refractivity contribution in [3.8, 4) is 0 Å². The molecule has 0 aliphatic rings. The third kappa shape index (κ3) is 3.76. The summed E-state index contributed by atoms with van der Waals surface area (Å²) in [5.74, 6) is -0.0647. The highest BCUT2D eigenvalue weighted by Crippen LogP contribution is 2.26. The number of hydrogen-bond donors (Lipinski definition) is 3. The van der Waals surface area contributed by atoms with Gasteiger partial charge in [0.25, 0.3) is 0 Å². The van der Waals surface area contributed by atoms with Crippen molar-refractivity contribution in [2.45, 2.75) is 33.4 Å². The van der Waals surface area contributed by atoms with E-state index in [9.17, 15) is 4.79 Å². The topological polar surface area (TPSA) is 74.7 Å². The molecule has 3 aromatic rings. The maximum Gasteiger partial charge on any atom is 0.242 e. The first-order valence-corrected chi connectivity index (χ1v) is 8.42. The number of carbonyl (C=O) groups excluding carboxylic acids is 1. The lowest BCUT2D eigenvalue weighted by atomic mass is 10.0. The van der Waals surface area contributed by atoms with Crippen LogP contribution >= 0.6 is 12.4 Å². The average Bonchev–Trinajstić information content (AvgIpc) is 3.11. The Bertz CT molecular complexity index is 928. The molecule has 0 spiro atoms. The van der Waals surface area contributed by atoms with Gasteiger partial charge in [0, 0.05) is 36.4 Å². The summed E-state index contributed by atoms with van der Waals surface area (Å²) in [4.78, 5) is 16.1. The van der Waals surface area contributed by atoms with Gasteiger partial charge in [0.2, 0.25) is 5.91 Å². The zero-order valence-corrected chi connectivity index (χ0v) is 16.6. The van der Waals surface area contributed by atoms with Gasteiger partial charge in [-0.05, 0) is 45.0 Å². The van der Waals surface area contributed by atoms with Crippen molar-refractivity contribution in [2.75, 3.05) is 7.05 Å². The normalized spacial score (nSPS) is 12.0. The number of rotatable bonds is 5. The van der Waals surface area contributed by atoms with Crippen molar-refractivity contribution in [3.63, 3.8) is 0 Å². The second-order valence-corrected chi connectivity index (χ2v) is 6.61. The van der Waals surface area contributed by atoms with Crippen molar-refractivity contribution in [2.24, 2.45) is 7.05 Å². The second-order valence-electron chi connectivity index (χ2n) is 6.61. The number of benzene rings is 1. The first kappa shape index (κ1) is 20.0. The van der Waals surface area contributed by atoms with Gasteiger partial charge in [-0.15, -0.1) is 12.4 Å². The van der Waals surface area contributed by atoms with Crippen molar-refractivity contribution in [3.05, 3.63) is 52.5 Å². The van der Waals surface area contributed by atoms with Crippen LogP contribution in [-0.4, -0.2) is 27.7 Å². The Hall–Kier alpha value is -2.31. The maximum atomic E-state index is 12.6. The van der Waals surface area contributed by atoms with E-state index in [0.717, 1.165) is 22.3 Å². The zero-order valence-electron chi connectivity index (χ0n) is 15.8. The van der Waals surface area contributed by atoms with Crippen LogP contribution in [0.5, 0.6) is 0 Å². The SMILES string of the molecule is CNC(C(=O)NCc1cc(C)cc2c(C)c(C)[nH]c12)c1cnn(C)c1.Cl. The summed E-state index contributed by atoms with van der Waals surface area (Å²) in [5, 5.41) is 11.5. The monoisotopic (exact) mass is 375 g/mol. The Morgan fingerprint density at radius 2 is 2.04 bits per heavy atom. The maximum absolute atomic E-state index is 12.6. The number of aromatic nitrogens is 3. The van der Waals surface area contributed by atoms with Gasteiger partial charge in [0.15, 0.2) is 0 Å². The summed E-state index contributed by atoms with van der Waals surface area (Å²) >= 11 is 0. The highest BCUT2D eigenvalue weighted by molar-refractivity contribution is 5.89. The second kappa shape index (κ2) is 7.93. The molecule has 0 aliphatic carbocycles. The highest BCUT2D eigenvalue weighted by Gasteiger charge is 2.20. The Balaban J connectivity index is 0.00000243. The minimum atomic E-state index is -0.416. The molecule has 0 saturated heterocycles. The third-order valence-electron chi connectivity index (χ3n) is 4.71. The number of hydrogen-bond acceptors (Lipinski definition) is 3. The first-order valence-electron chi connectivity index (χ1n) is 8.42. The summed E-state index contributed by atoms with van der Waals surface area (Å²) in [5.41, 5.74) is 6.66. The van der Waals surface area contributed by atoms with Gasteiger partial charge in [0.1, 0.15) is 6.04 Å². The minimum absolute atomic E-state index is 0.